The van der Waals surface area contributed by atoms with Gasteiger partial charge in [-0.1, -0.05) is 33.6 Å². The van der Waals surface area contributed by atoms with E-state index in [4.69, 9.17) is 5.73 Å². The SMILES string of the molecule is CCC(N)C(=O)NCCCCC(C)C. The summed E-state index contributed by atoms with van der Waals surface area (Å²) in [6, 6.07) is -0.333. The number of hydrogen-bond donors (Lipinski definition) is 2. The lowest BCUT2D eigenvalue weighted by atomic mass is 10.1. The highest BCUT2D eigenvalue weighted by molar-refractivity contribution is 5.81. The Morgan fingerprint density at radius 1 is 1.36 bits per heavy atom. The summed E-state index contributed by atoms with van der Waals surface area (Å²) in [6.45, 7) is 7.11. The predicted octanol–water partition coefficient (Wildman–Crippen LogP) is 1.67. The van der Waals surface area contributed by atoms with Crippen LogP contribution in [0.4, 0.5) is 0 Å². The van der Waals surface area contributed by atoms with Crippen molar-refractivity contribution in [2.75, 3.05) is 6.54 Å². The van der Waals surface area contributed by atoms with E-state index in [0.29, 0.717) is 6.42 Å². The van der Waals surface area contributed by atoms with Gasteiger partial charge >= 0.3 is 0 Å². The molecule has 0 saturated carbocycles. The summed E-state index contributed by atoms with van der Waals surface area (Å²) in [5.41, 5.74) is 5.57. The molecular formula is C11H24N2O. The third kappa shape index (κ3) is 6.89. The molecule has 14 heavy (non-hydrogen) atoms. The zero-order valence-electron chi connectivity index (χ0n) is 9.68. The molecule has 3 nitrogen and oxygen atoms in total. The van der Waals surface area contributed by atoms with E-state index in [1.54, 1.807) is 0 Å². The standard InChI is InChI=1S/C11H24N2O/c1-4-10(12)11(14)13-8-6-5-7-9(2)3/h9-10H,4-8,12H2,1-3H3,(H,13,14). The van der Waals surface area contributed by atoms with Crippen LogP contribution in [0.25, 0.3) is 0 Å². The van der Waals surface area contributed by atoms with Crippen molar-refractivity contribution in [1.82, 2.24) is 5.32 Å². The average molecular weight is 200 g/mol. The van der Waals surface area contributed by atoms with Crippen molar-refractivity contribution in [3.8, 4) is 0 Å². The molecule has 1 unspecified atom stereocenters. The lowest BCUT2D eigenvalue weighted by Gasteiger charge is -2.10. The second-order valence-electron chi connectivity index (χ2n) is 4.20. The van der Waals surface area contributed by atoms with E-state index >= 15 is 0 Å². The molecule has 0 aromatic rings. The van der Waals surface area contributed by atoms with E-state index < -0.39 is 0 Å². The number of carbonyl (C=O) groups excluding carboxylic acids is 1. The number of hydrogen-bond acceptors (Lipinski definition) is 2. The van der Waals surface area contributed by atoms with Gasteiger partial charge in [0.2, 0.25) is 5.91 Å². The van der Waals surface area contributed by atoms with E-state index in [9.17, 15) is 4.79 Å². The molecule has 0 aliphatic carbocycles. The Kier molecular flexibility index (Phi) is 7.48. The van der Waals surface area contributed by atoms with Gasteiger partial charge < -0.3 is 11.1 Å². The van der Waals surface area contributed by atoms with Gasteiger partial charge in [0.25, 0.3) is 0 Å². The molecule has 0 rings (SSSR count). The number of rotatable bonds is 7. The Hall–Kier alpha value is -0.570. The molecule has 0 radical (unpaired) electrons. The summed E-state index contributed by atoms with van der Waals surface area (Å²) in [6.07, 6.45) is 4.17. The van der Waals surface area contributed by atoms with E-state index in [-0.39, 0.29) is 11.9 Å². The lowest BCUT2D eigenvalue weighted by Crippen LogP contribution is -2.40. The van der Waals surface area contributed by atoms with Crippen LogP contribution in [0.1, 0.15) is 46.5 Å². The first kappa shape index (κ1) is 13.4. The van der Waals surface area contributed by atoms with Crippen LogP contribution in [0.5, 0.6) is 0 Å². The van der Waals surface area contributed by atoms with Crippen LogP contribution in [0.3, 0.4) is 0 Å². The Balaban J connectivity index is 3.32. The number of nitrogens with two attached hydrogens (primary N) is 1. The third-order valence-electron chi connectivity index (χ3n) is 2.28. The van der Waals surface area contributed by atoms with Crippen LogP contribution < -0.4 is 11.1 Å². The molecule has 1 amide bonds. The fourth-order valence-corrected chi connectivity index (χ4v) is 1.21. The van der Waals surface area contributed by atoms with Crippen LogP contribution in [0.2, 0.25) is 0 Å². The molecule has 84 valence electrons. The summed E-state index contributed by atoms with van der Waals surface area (Å²) in [5, 5.41) is 2.84. The lowest BCUT2D eigenvalue weighted by molar-refractivity contribution is -0.122. The van der Waals surface area contributed by atoms with Crippen molar-refractivity contribution in [3.05, 3.63) is 0 Å². The van der Waals surface area contributed by atoms with Crippen molar-refractivity contribution in [2.45, 2.75) is 52.5 Å². The van der Waals surface area contributed by atoms with Gasteiger partial charge in [0.05, 0.1) is 6.04 Å². The second kappa shape index (κ2) is 7.80. The highest BCUT2D eigenvalue weighted by atomic mass is 16.2. The first-order valence-electron chi connectivity index (χ1n) is 5.61. The molecular weight excluding hydrogens is 176 g/mol. The van der Waals surface area contributed by atoms with Crippen molar-refractivity contribution >= 4 is 5.91 Å². The molecule has 0 aliphatic heterocycles. The van der Waals surface area contributed by atoms with Crippen molar-refractivity contribution in [2.24, 2.45) is 11.7 Å². The van der Waals surface area contributed by atoms with Gasteiger partial charge in [-0.05, 0) is 18.8 Å². The smallest absolute Gasteiger partial charge is 0.236 e. The fourth-order valence-electron chi connectivity index (χ4n) is 1.21. The molecule has 3 heteroatoms. The first-order valence-corrected chi connectivity index (χ1v) is 5.61. The quantitative estimate of drug-likeness (QED) is 0.614. The van der Waals surface area contributed by atoms with Gasteiger partial charge in [0.15, 0.2) is 0 Å². The molecule has 0 saturated heterocycles. The van der Waals surface area contributed by atoms with Crippen molar-refractivity contribution in [3.63, 3.8) is 0 Å². The molecule has 0 aliphatic rings. The summed E-state index contributed by atoms with van der Waals surface area (Å²) in [5.74, 6) is 0.737. The van der Waals surface area contributed by atoms with Crippen molar-refractivity contribution < 1.29 is 4.79 Å². The van der Waals surface area contributed by atoms with Crippen LogP contribution >= 0.6 is 0 Å². The van der Waals surface area contributed by atoms with Crippen LogP contribution in [0, 0.1) is 5.92 Å². The third-order valence-corrected chi connectivity index (χ3v) is 2.28. The number of carbonyl (C=O) groups is 1. The molecule has 1 atom stereocenters. The zero-order valence-corrected chi connectivity index (χ0v) is 9.68. The maximum absolute atomic E-state index is 11.2. The van der Waals surface area contributed by atoms with E-state index in [0.717, 1.165) is 18.9 Å². The molecule has 0 bridgehead atoms. The number of amides is 1. The number of unbranched alkanes of at least 4 members (excludes halogenated alkanes) is 1. The molecule has 0 heterocycles. The topological polar surface area (TPSA) is 55.1 Å². The Morgan fingerprint density at radius 2 is 2.00 bits per heavy atom. The number of nitrogens with one attached hydrogen (secondary N) is 1. The minimum Gasteiger partial charge on any atom is -0.355 e. The Labute approximate surface area is 87.4 Å². The minimum absolute atomic E-state index is 0.0166. The van der Waals surface area contributed by atoms with E-state index in [2.05, 4.69) is 19.2 Å². The predicted molar refractivity (Wildman–Crippen MR) is 60.0 cm³/mol. The fraction of sp³-hybridized carbons (Fsp3) is 0.909. The Bertz CT molecular complexity index is 157. The van der Waals surface area contributed by atoms with Gasteiger partial charge in [-0.3, -0.25) is 4.79 Å². The molecule has 3 N–H and O–H groups in total. The summed E-state index contributed by atoms with van der Waals surface area (Å²) in [7, 11) is 0. The largest absolute Gasteiger partial charge is 0.355 e. The summed E-state index contributed by atoms with van der Waals surface area (Å²) >= 11 is 0. The first-order chi connectivity index (χ1) is 6.57. The Morgan fingerprint density at radius 3 is 2.50 bits per heavy atom. The second-order valence-corrected chi connectivity index (χ2v) is 4.20. The highest BCUT2D eigenvalue weighted by Gasteiger charge is 2.08. The monoisotopic (exact) mass is 200 g/mol. The van der Waals surface area contributed by atoms with Crippen LogP contribution in [0.15, 0.2) is 0 Å². The molecule has 0 aromatic heterocycles. The maximum atomic E-state index is 11.2. The van der Waals surface area contributed by atoms with Crippen LogP contribution in [-0.4, -0.2) is 18.5 Å². The molecule has 0 fully saturated rings. The van der Waals surface area contributed by atoms with Gasteiger partial charge in [0.1, 0.15) is 0 Å². The summed E-state index contributed by atoms with van der Waals surface area (Å²) < 4.78 is 0. The van der Waals surface area contributed by atoms with Crippen LogP contribution in [-0.2, 0) is 4.79 Å². The highest BCUT2D eigenvalue weighted by Crippen LogP contribution is 2.05. The summed E-state index contributed by atoms with van der Waals surface area (Å²) in [4.78, 5) is 11.2. The minimum atomic E-state index is -0.333. The average Bonchev–Trinajstić information content (AvgIpc) is 2.15. The van der Waals surface area contributed by atoms with E-state index in [1.165, 1.54) is 12.8 Å². The van der Waals surface area contributed by atoms with Gasteiger partial charge in [-0.2, -0.15) is 0 Å². The van der Waals surface area contributed by atoms with Crippen molar-refractivity contribution in [1.29, 1.82) is 0 Å². The van der Waals surface area contributed by atoms with Gasteiger partial charge in [0, 0.05) is 6.54 Å². The molecule has 0 aromatic carbocycles. The zero-order chi connectivity index (χ0) is 11.0. The molecule has 0 spiro atoms. The maximum Gasteiger partial charge on any atom is 0.236 e. The normalized spacial score (nSPS) is 12.9. The van der Waals surface area contributed by atoms with E-state index in [1.807, 2.05) is 6.92 Å². The van der Waals surface area contributed by atoms with Gasteiger partial charge in [-0.25, -0.2) is 0 Å². The van der Waals surface area contributed by atoms with Gasteiger partial charge in [-0.15, -0.1) is 0 Å².